The minimum absolute atomic E-state index is 0.0264. The van der Waals surface area contributed by atoms with Crippen molar-refractivity contribution < 1.29 is 34.3 Å². The van der Waals surface area contributed by atoms with Crippen LogP contribution in [-0.4, -0.2) is 51.8 Å². The van der Waals surface area contributed by atoms with Gasteiger partial charge in [-0.2, -0.15) is 0 Å². The molecule has 2 rings (SSSR count). The molecular weight excluding hydrogens is 403 g/mol. The van der Waals surface area contributed by atoms with Crippen LogP contribution in [0.25, 0.3) is 6.08 Å². The van der Waals surface area contributed by atoms with Crippen LogP contribution in [0.15, 0.2) is 24.3 Å². The van der Waals surface area contributed by atoms with Crippen LogP contribution in [-0.2, 0) is 4.79 Å². The van der Waals surface area contributed by atoms with Gasteiger partial charge >= 0.3 is 5.97 Å². The zero-order valence-corrected chi connectivity index (χ0v) is 18.1. The van der Waals surface area contributed by atoms with Gasteiger partial charge in [-0.15, -0.1) is 0 Å². The van der Waals surface area contributed by atoms with E-state index in [0.29, 0.717) is 31.2 Å². The van der Waals surface area contributed by atoms with Gasteiger partial charge in [0.05, 0.1) is 25.4 Å². The number of methoxy groups -OCH3 is 1. The van der Waals surface area contributed by atoms with Crippen LogP contribution in [0.5, 0.6) is 5.75 Å². The van der Waals surface area contributed by atoms with Crippen LogP contribution in [0, 0.1) is 17.7 Å². The van der Waals surface area contributed by atoms with Crippen molar-refractivity contribution in [1.29, 1.82) is 0 Å². The molecule has 0 saturated heterocycles. The molecule has 5 atom stereocenters. The van der Waals surface area contributed by atoms with E-state index in [1.807, 2.05) is 0 Å². The topological polar surface area (TPSA) is 107 Å². The third kappa shape index (κ3) is 7.91. The smallest absolute Gasteiger partial charge is 0.303 e. The van der Waals surface area contributed by atoms with Crippen molar-refractivity contribution in [2.45, 2.75) is 76.1 Å². The predicted molar refractivity (Wildman–Crippen MR) is 116 cm³/mol. The van der Waals surface area contributed by atoms with Crippen molar-refractivity contribution >= 4 is 12.0 Å². The molecule has 31 heavy (non-hydrogen) atoms. The third-order valence-corrected chi connectivity index (χ3v) is 6.21. The second kappa shape index (κ2) is 12.8. The zero-order valence-electron chi connectivity index (χ0n) is 18.1. The summed E-state index contributed by atoms with van der Waals surface area (Å²) in [5.74, 6) is -1.24. The molecule has 0 heterocycles. The van der Waals surface area contributed by atoms with Crippen LogP contribution >= 0.6 is 0 Å². The molecule has 174 valence electrons. The number of hydrogen-bond donors (Lipinski definition) is 4. The lowest BCUT2D eigenvalue weighted by Crippen LogP contribution is -2.23. The summed E-state index contributed by atoms with van der Waals surface area (Å²) in [5.41, 5.74) is 0.329. The number of hydrogen-bond acceptors (Lipinski definition) is 5. The van der Waals surface area contributed by atoms with Crippen molar-refractivity contribution in [3.05, 3.63) is 35.7 Å². The normalized spacial score (nSPS) is 24.5. The van der Waals surface area contributed by atoms with Crippen molar-refractivity contribution in [1.82, 2.24) is 0 Å². The Morgan fingerprint density at radius 2 is 1.84 bits per heavy atom. The molecule has 0 aromatic heterocycles. The second-order valence-corrected chi connectivity index (χ2v) is 8.41. The number of rotatable bonds is 13. The molecule has 1 aliphatic rings. The summed E-state index contributed by atoms with van der Waals surface area (Å²) in [6.07, 6.45) is 6.66. The van der Waals surface area contributed by atoms with E-state index in [4.69, 9.17) is 9.84 Å². The molecule has 1 saturated carbocycles. The first kappa shape index (κ1) is 25.3. The second-order valence-electron chi connectivity index (χ2n) is 8.41. The predicted octanol–water partition coefficient (Wildman–Crippen LogP) is 3.77. The van der Waals surface area contributed by atoms with E-state index in [2.05, 4.69) is 0 Å². The van der Waals surface area contributed by atoms with Gasteiger partial charge in [-0.05, 0) is 50.0 Å². The number of aliphatic hydroxyl groups is 3. The fraction of sp³-hybridized carbons (Fsp3) is 0.625. The van der Waals surface area contributed by atoms with Gasteiger partial charge in [-0.25, -0.2) is 4.39 Å². The number of ether oxygens (including phenoxy) is 1. The largest absolute Gasteiger partial charge is 0.494 e. The summed E-state index contributed by atoms with van der Waals surface area (Å²) in [6, 6.07) is 4.81. The molecule has 1 unspecified atom stereocenters. The molecule has 1 aromatic carbocycles. The number of aliphatic carboxylic acids is 1. The van der Waals surface area contributed by atoms with Gasteiger partial charge in [0.25, 0.3) is 0 Å². The van der Waals surface area contributed by atoms with Gasteiger partial charge in [0, 0.05) is 12.0 Å². The monoisotopic (exact) mass is 438 g/mol. The number of carboxylic acid groups (broad SMARTS) is 1. The Morgan fingerprint density at radius 3 is 2.52 bits per heavy atom. The lowest BCUT2D eigenvalue weighted by atomic mass is 9.85. The molecular formula is C24H35FO6. The van der Waals surface area contributed by atoms with E-state index in [1.165, 1.54) is 25.3 Å². The summed E-state index contributed by atoms with van der Waals surface area (Å²) in [5, 5.41) is 39.7. The molecule has 0 aliphatic heterocycles. The van der Waals surface area contributed by atoms with Gasteiger partial charge in [0.1, 0.15) is 0 Å². The molecule has 7 heteroatoms. The molecule has 0 spiro atoms. The number of halogens is 1. The highest BCUT2D eigenvalue weighted by Gasteiger charge is 2.40. The zero-order chi connectivity index (χ0) is 22.8. The van der Waals surface area contributed by atoms with Crippen molar-refractivity contribution in [2.75, 3.05) is 7.11 Å². The van der Waals surface area contributed by atoms with E-state index >= 15 is 0 Å². The van der Waals surface area contributed by atoms with E-state index in [0.717, 1.165) is 25.7 Å². The van der Waals surface area contributed by atoms with Crippen molar-refractivity contribution in [3.63, 3.8) is 0 Å². The average Bonchev–Trinajstić information content (AvgIpc) is 3.00. The first-order valence-electron chi connectivity index (χ1n) is 11.1. The maximum absolute atomic E-state index is 14.2. The number of benzene rings is 1. The highest BCUT2D eigenvalue weighted by Crippen LogP contribution is 2.39. The van der Waals surface area contributed by atoms with E-state index in [1.54, 1.807) is 12.1 Å². The van der Waals surface area contributed by atoms with Crippen LogP contribution in [0.4, 0.5) is 4.39 Å². The Labute approximate surface area is 183 Å². The van der Waals surface area contributed by atoms with Crippen LogP contribution < -0.4 is 4.74 Å². The quantitative estimate of drug-likeness (QED) is 0.349. The maximum Gasteiger partial charge on any atom is 0.303 e. The standard InChI is InChI=1S/C24H35FO6/c1-31-22-9-6-7-16(24(22)25)11-12-17(26)13-14-19-18(20(27)15-21(19)28)8-4-2-3-5-10-23(29)30/h6-7,9,11-12,17-21,26-28H,2-5,8,10,13-15H2,1H3,(H,29,30)/t17?,18-,19-,20+,21-/m1/s1. The van der Waals surface area contributed by atoms with E-state index in [-0.39, 0.29) is 24.0 Å². The minimum Gasteiger partial charge on any atom is -0.494 e. The number of carboxylic acids is 1. The van der Waals surface area contributed by atoms with Crippen LogP contribution in [0.2, 0.25) is 0 Å². The summed E-state index contributed by atoms with van der Waals surface area (Å²) >= 11 is 0. The average molecular weight is 439 g/mol. The summed E-state index contributed by atoms with van der Waals surface area (Å²) in [7, 11) is 1.40. The molecule has 0 radical (unpaired) electrons. The Balaban J connectivity index is 1.82. The summed E-state index contributed by atoms with van der Waals surface area (Å²) < 4.78 is 19.1. The summed E-state index contributed by atoms with van der Waals surface area (Å²) in [6.45, 7) is 0. The van der Waals surface area contributed by atoms with Crippen molar-refractivity contribution in [3.8, 4) is 5.75 Å². The molecule has 1 fully saturated rings. The minimum atomic E-state index is -0.785. The van der Waals surface area contributed by atoms with E-state index < -0.39 is 30.1 Å². The molecule has 0 amide bonds. The lowest BCUT2D eigenvalue weighted by molar-refractivity contribution is -0.137. The number of carbonyl (C=O) groups is 1. The molecule has 0 bridgehead atoms. The molecule has 6 nitrogen and oxygen atoms in total. The molecule has 4 N–H and O–H groups in total. The highest BCUT2D eigenvalue weighted by molar-refractivity contribution is 5.66. The molecule has 1 aromatic rings. The first-order chi connectivity index (χ1) is 14.8. The van der Waals surface area contributed by atoms with Crippen LogP contribution in [0.3, 0.4) is 0 Å². The Bertz CT molecular complexity index is 722. The molecule has 1 aliphatic carbocycles. The van der Waals surface area contributed by atoms with Gasteiger partial charge in [-0.1, -0.05) is 43.5 Å². The van der Waals surface area contributed by atoms with Gasteiger partial charge in [-0.3, -0.25) is 4.79 Å². The number of unbranched alkanes of at least 4 members (excludes halogenated alkanes) is 3. The third-order valence-electron chi connectivity index (χ3n) is 6.21. The van der Waals surface area contributed by atoms with Crippen LogP contribution in [0.1, 0.15) is 63.4 Å². The summed E-state index contributed by atoms with van der Waals surface area (Å²) in [4.78, 5) is 10.6. The van der Waals surface area contributed by atoms with E-state index in [9.17, 15) is 24.5 Å². The highest BCUT2D eigenvalue weighted by atomic mass is 19.1. The lowest BCUT2D eigenvalue weighted by Gasteiger charge is -2.24. The number of aliphatic hydroxyl groups excluding tert-OH is 3. The fourth-order valence-corrected chi connectivity index (χ4v) is 4.48. The Kier molecular flexibility index (Phi) is 10.4. The SMILES string of the molecule is COc1cccc(C=CC(O)CC[C@@H]2[C@@H](CCCCCCC(=O)O)[C@@H](O)C[C@H]2O)c1F. The maximum atomic E-state index is 14.2. The Morgan fingerprint density at radius 1 is 1.16 bits per heavy atom. The van der Waals surface area contributed by atoms with Gasteiger partial charge < -0.3 is 25.2 Å². The van der Waals surface area contributed by atoms with Gasteiger partial charge in [0.2, 0.25) is 0 Å². The Hall–Kier alpha value is -1.96. The van der Waals surface area contributed by atoms with Crippen molar-refractivity contribution in [2.24, 2.45) is 11.8 Å². The fourth-order valence-electron chi connectivity index (χ4n) is 4.48. The van der Waals surface area contributed by atoms with Gasteiger partial charge in [0.15, 0.2) is 11.6 Å². The first-order valence-corrected chi connectivity index (χ1v) is 11.1.